The average molecular weight is 369 g/mol. The highest BCUT2D eigenvalue weighted by atomic mass is 16.5. The maximum absolute atomic E-state index is 12.4. The van der Waals surface area contributed by atoms with E-state index in [1.807, 2.05) is 24.2 Å². The standard InChI is InChI=1S/C21H27N3O3/c1-3-19(25)16-5-7-18(8-6-16)27-15-20(26)24-12-9-17(10-13-24)21-22-11-14-23(21)4-2/h5-8,11,14,17H,3-4,9-10,12-13,15H2,1-2H3. The molecule has 1 aliphatic heterocycles. The first kappa shape index (κ1) is 19.1. The maximum Gasteiger partial charge on any atom is 0.260 e. The van der Waals surface area contributed by atoms with Crippen molar-refractivity contribution < 1.29 is 14.3 Å². The number of amides is 1. The first-order valence-electron chi connectivity index (χ1n) is 9.67. The number of ether oxygens (including phenoxy) is 1. The van der Waals surface area contributed by atoms with Gasteiger partial charge >= 0.3 is 0 Å². The minimum atomic E-state index is 0.000921. The van der Waals surface area contributed by atoms with Gasteiger partial charge < -0.3 is 14.2 Å². The van der Waals surface area contributed by atoms with Crippen LogP contribution in [-0.4, -0.2) is 45.8 Å². The third-order valence-electron chi connectivity index (χ3n) is 5.16. The predicted octanol–water partition coefficient (Wildman–Crippen LogP) is 3.28. The Morgan fingerprint density at radius 2 is 1.85 bits per heavy atom. The van der Waals surface area contributed by atoms with Crippen LogP contribution in [0.3, 0.4) is 0 Å². The third-order valence-corrected chi connectivity index (χ3v) is 5.16. The van der Waals surface area contributed by atoms with Crippen LogP contribution in [0.1, 0.15) is 55.2 Å². The second-order valence-electron chi connectivity index (χ2n) is 6.82. The second kappa shape index (κ2) is 8.84. The second-order valence-corrected chi connectivity index (χ2v) is 6.82. The molecule has 1 amide bonds. The monoisotopic (exact) mass is 369 g/mol. The summed E-state index contributed by atoms with van der Waals surface area (Å²) in [4.78, 5) is 30.4. The molecular weight excluding hydrogens is 342 g/mol. The topological polar surface area (TPSA) is 64.4 Å². The van der Waals surface area contributed by atoms with Crippen molar-refractivity contribution in [2.75, 3.05) is 19.7 Å². The van der Waals surface area contributed by atoms with E-state index in [2.05, 4.69) is 16.5 Å². The van der Waals surface area contributed by atoms with Gasteiger partial charge in [0, 0.05) is 49.9 Å². The van der Waals surface area contributed by atoms with Crippen LogP contribution in [0.2, 0.25) is 0 Å². The Labute approximate surface area is 160 Å². The summed E-state index contributed by atoms with van der Waals surface area (Å²) in [7, 11) is 0. The van der Waals surface area contributed by atoms with Gasteiger partial charge in [-0.05, 0) is 44.0 Å². The number of hydrogen-bond donors (Lipinski definition) is 0. The van der Waals surface area contributed by atoms with Crippen molar-refractivity contribution in [2.45, 2.75) is 45.6 Å². The van der Waals surface area contributed by atoms with Gasteiger partial charge in [0.2, 0.25) is 0 Å². The normalized spacial score (nSPS) is 15.0. The number of nitrogens with zero attached hydrogens (tertiary/aromatic N) is 3. The zero-order chi connectivity index (χ0) is 19.2. The quantitative estimate of drug-likeness (QED) is 0.703. The zero-order valence-corrected chi connectivity index (χ0v) is 16.1. The summed E-state index contributed by atoms with van der Waals surface area (Å²) in [5.74, 6) is 2.25. The van der Waals surface area contributed by atoms with Crippen molar-refractivity contribution >= 4 is 11.7 Å². The van der Waals surface area contributed by atoms with Gasteiger partial charge in [-0.15, -0.1) is 0 Å². The van der Waals surface area contributed by atoms with E-state index in [0.717, 1.165) is 38.3 Å². The predicted molar refractivity (Wildman–Crippen MR) is 103 cm³/mol. The van der Waals surface area contributed by atoms with Gasteiger partial charge in [-0.2, -0.15) is 0 Å². The van der Waals surface area contributed by atoms with Crippen LogP contribution in [0.25, 0.3) is 0 Å². The molecule has 1 aromatic carbocycles. The lowest BCUT2D eigenvalue weighted by Gasteiger charge is -2.31. The number of carbonyl (C=O) groups excluding carboxylic acids is 2. The minimum absolute atomic E-state index is 0.000921. The molecule has 0 saturated carbocycles. The molecule has 2 heterocycles. The highest BCUT2D eigenvalue weighted by Crippen LogP contribution is 2.27. The minimum Gasteiger partial charge on any atom is -0.484 e. The summed E-state index contributed by atoms with van der Waals surface area (Å²) >= 11 is 0. The van der Waals surface area contributed by atoms with Crippen molar-refractivity contribution in [2.24, 2.45) is 0 Å². The molecule has 0 bridgehead atoms. The van der Waals surface area contributed by atoms with E-state index in [4.69, 9.17) is 4.74 Å². The van der Waals surface area contributed by atoms with Gasteiger partial charge in [-0.3, -0.25) is 9.59 Å². The van der Waals surface area contributed by atoms with Crippen LogP contribution < -0.4 is 4.74 Å². The lowest BCUT2D eigenvalue weighted by Crippen LogP contribution is -2.40. The number of hydrogen-bond acceptors (Lipinski definition) is 4. The molecule has 0 aliphatic carbocycles. The van der Waals surface area contributed by atoms with Crippen LogP contribution in [0, 0.1) is 0 Å². The smallest absolute Gasteiger partial charge is 0.260 e. The van der Waals surface area contributed by atoms with E-state index >= 15 is 0 Å². The van der Waals surface area contributed by atoms with Crippen LogP contribution in [0.15, 0.2) is 36.7 Å². The summed E-state index contributed by atoms with van der Waals surface area (Å²) < 4.78 is 7.78. The molecule has 1 aliphatic rings. The maximum atomic E-state index is 12.4. The number of carbonyl (C=O) groups is 2. The number of Topliss-reactive ketones (excluding diaryl/α,β-unsaturated/α-hetero) is 1. The SMILES string of the molecule is CCC(=O)c1ccc(OCC(=O)N2CCC(c3nccn3CC)CC2)cc1. The summed E-state index contributed by atoms with van der Waals surface area (Å²) in [5, 5.41) is 0. The molecule has 1 fully saturated rings. The number of piperidine rings is 1. The number of aryl methyl sites for hydroxylation is 1. The lowest BCUT2D eigenvalue weighted by molar-refractivity contribution is -0.134. The van der Waals surface area contributed by atoms with Crippen molar-refractivity contribution in [1.29, 1.82) is 0 Å². The Kier molecular flexibility index (Phi) is 6.27. The lowest BCUT2D eigenvalue weighted by atomic mass is 9.96. The van der Waals surface area contributed by atoms with Crippen LogP contribution in [-0.2, 0) is 11.3 Å². The van der Waals surface area contributed by atoms with Gasteiger partial charge in [0.15, 0.2) is 12.4 Å². The number of benzene rings is 1. The van der Waals surface area contributed by atoms with E-state index in [0.29, 0.717) is 23.7 Å². The molecule has 144 valence electrons. The largest absolute Gasteiger partial charge is 0.484 e. The Balaban J connectivity index is 1.48. The number of ketones is 1. The van der Waals surface area contributed by atoms with Crippen LogP contribution in [0.5, 0.6) is 5.75 Å². The van der Waals surface area contributed by atoms with Gasteiger partial charge in [0.05, 0.1) is 0 Å². The Morgan fingerprint density at radius 3 is 2.48 bits per heavy atom. The van der Waals surface area contributed by atoms with Crippen molar-refractivity contribution in [3.05, 3.63) is 48.0 Å². The molecule has 6 heteroatoms. The van der Waals surface area contributed by atoms with Crippen LogP contribution in [0.4, 0.5) is 0 Å². The molecule has 0 unspecified atom stereocenters. The Hall–Kier alpha value is -2.63. The number of aromatic nitrogens is 2. The van der Waals surface area contributed by atoms with Crippen LogP contribution >= 0.6 is 0 Å². The first-order valence-corrected chi connectivity index (χ1v) is 9.67. The molecule has 27 heavy (non-hydrogen) atoms. The van der Waals surface area contributed by atoms with E-state index in [1.54, 1.807) is 24.3 Å². The summed E-state index contributed by atoms with van der Waals surface area (Å²) in [6, 6.07) is 6.97. The fraction of sp³-hybridized carbons (Fsp3) is 0.476. The zero-order valence-electron chi connectivity index (χ0n) is 16.1. The summed E-state index contributed by atoms with van der Waals surface area (Å²) in [5.41, 5.74) is 0.670. The summed E-state index contributed by atoms with van der Waals surface area (Å²) in [6.07, 6.45) is 6.20. The highest BCUT2D eigenvalue weighted by molar-refractivity contribution is 5.95. The van der Waals surface area contributed by atoms with Gasteiger partial charge in [0.25, 0.3) is 5.91 Å². The molecular formula is C21H27N3O3. The molecule has 0 N–H and O–H groups in total. The number of likely N-dealkylation sites (tertiary alicyclic amines) is 1. The van der Waals surface area contributed by atoms with E-state index in [1.165, 1.54) is 0 Å². The number of imidazole rings is 1. The molecule has 1 aromatic heterocycles. The Morgan fingerprint density at radius 1 is 1.15 bits per heavy atom. The highest BCUT2D eigenvalue weighted by Gasteiger charge is 2.26. The molecule has 1 saturated heterocycles. The van der Waals surface area contributed by atoms with Crippen molar-refractivity contribution in [1.82, 2.24) is 14.5 Å². The fourth-order valence-corrected chi connectivity index (χ4v) is 3.51. The van der Waals surface area contributed by atoms with Gasteiger partial charge in [0.1, 0.15) is 11.6 Å². The molecule has 2 aromatic rings. The first-order chi connectivity index (χ1) is 13.1. The summed E-state index contributed by atoms with van der Waals surface area (Å²) in [6.45, 7) is 6.36. The van der Waals surface area contributed by atoms with Gasteiger partial charge in [-0.1, -0.05) is 6.92 Å². The fourth-order valence-electron chi connectivity index (χ4n) is 3.51. The molecule has 0 spiro atoms. The number of rotatable bonds is 7. The van der Waals surface area contributed by atoms with E-state index in [-0.39, 0.29) is 18.3 Å². The third kappa shape index (κ3) is 4.56. The molecule has 6 nitrogen and oxygen atoms in total. The molecule has 0 atom stereocenters. The van der Waals surface area contributed by atoms with E-state index in [9.17, 15) is 9.59 Å². The molecule has 0 radical (unpaired) electrons. The van der Waals surface area contributed by atoms with Crippen molar-refractivity contribution in [3.63, 3.8) is 0 Å². The Bertz CT molecular complexity index is 774. The molecule has 3 rings (SSSR count). The average Bonchev–Trinajstić information content (AvgIpc) is 3.20. The van der Waals surface area contributed by atoms with Gasteiger partial charge in [-0.25, -0.2) is 4.98 Å². The van der Waals surface area contributed by atoms with E-state index < -0.39 is 0 Å². The van der Waals surface area contributed by atoms with Crippen molar-refractivity contribution in [3.8, 4) is 5.75 Å².